The lowest BCUT2D eigenvalue weighted by atomic mass is 10.3. The van der Waals surface area contributed by atoms with Crippen molar-refractivity contribution in [3.63, 3.8) is 0 Å². The summed E-state index contributed by atoms with van der Waals surface area (Å²) >= 11 is 5.48. The van der Waals surface area contributed by atoms with Crippen molar-refractivity contribution >= 4 is 17.5 Å². The first kappa shape index (κ1) is 13.5. The van der Waals surface area contributed by atoms with Gasteiger partial charge in [-0.05, 0) is 26.3 Å². The van der Waals surface area contributed by atoms with Gasteiger partial charge in [0.2, 0.25) is 5.91 Å². The van der Waals surface area contributed by atoms with Gasteiger partial charge in [0.25, 0.3) is 0 Å². The van der Waals surface area contributed by atoms with Gasteiger partial charge in [-0.3, -0.25) is 4.79 Å². The SMILES string of the molecule is CC(=CCl)CNCCC(=O)NC(C)C. The van der Waals surface area contributed by atoms with E-state index in [0.717, 1.165) is 12.1 Å². The van der Waals surface area contributed by atoms with Crippen LogP contribution in [0.2, 0.25) is 0 Å². The number of halogens is 1. The van der Waals surface area contributed by atoms with Crippen molar-refractivity contribution < 1.29 is 4.79 Å². The van der Waals surface area contributed by atoms with E-state index in [1.165, 1.54) is 0 Å². The Kier molecular flexibility index (Phi) is 7.52. The van der Waals surface area contributed by atoms with Gasteiger partial charge in [0, 0.05) is 31.1 Å². The third kappa shape index (κ3) is 8.08. The van der Waals surface area contributed by atoms with E-state index >= 15 is 0 Å². The lowest BCUT2D eigenvalue weighted by Crippen LogP contribution is -2.32. The van der Waals surface area contributed by atoms with Gasteiger partial charge in [-0.25, -0.2) is 0 Å². The van der Waals surface area contributed by atoms with Crippen LogP contribution in [0.25, 0.3) is 0 Å². The van der Waals surface area contributed by atoms with E-state index in [2.05, 4.69) is 10.6 Å². The highest BCUT2D eigenvalue weighted by atomic mass is 35.5. The maximum atomic E-state index is 11.2. The van der Waals surface area contributed by atoms with Crippen molar-refractivity contribution in [3.05, 3.63) is 11.1 Å². The maximum Gasteiger partial charge on any atom is 0.221 e. The molecule has 0 aliphatic carbocycles. The second-order valence-corrected chi connectivity index (χ2v) is 3.82. The molecule has 0 aliphatic heterocycles. The van der Waals surface area contributed by atoms with Crippen LogP contribution in [0.5, 0.6) is 0 Å². The van der Waals surface area contributed by atoms with Crippen molar-refractivity contribution in [2.45, 2.75) is 33.2 Å². The van der Waals surface area contributed by atoms with Gasteiger partial charge in [-0.1, -0.05) is 11.6 Å². The zero-order valence-corrected chi connectivity index (χ0v) is 9.82. The average molecular weight is 219 g/mol. The Labute approximate surface area is 90.9 Å². The van der Waals surface area contributed by atoms with Crippen molar-refractivity contribution in [2.75, 3.05) is 13.1 Å². The Balaban J connectivity index is 3.41. The molecule has 82 valence electrons. The number of carbonyl (C=O) groups excluding carboxylic acids is 1. The molecule has 0 heterocycles. The van der Waals surface area contributed by atoms with Crippen LogP contribution in [0.4, 0.5) is 0 Å². The van der Waals surface area contributed by atoms with Gasteiger partial charge in [0.15, 0.2) is 0 Å². The minimum atomic E-state index is 0.0833. The van der Waals surface area contributed by atoms with Crippen molar-refractivity contribution in [1.29, 1.82) is 0 Å². The predicted octanol–water partition coefficient (Wildman–Crippen LogP) is 1.63. The maximum absolute atomic E-state index is 11.2. The third-order valence-corrected chi connectivity index (χ3v) is 1.94. The zero-order chi connectivity index (χ0) is 11.0. The molecule has 0 unspecified atom stereocenters. The normalized spacial score (nSPS) is 11.9. The molecule has 14 heavy (non-hydrogen) atoms. The average Bonchev–Trinajstić information content (AvgIpc) is 2.10. The highest BCUT2D eigenvalue weighted by Crippen LogP contribution is 1.92. The van der Waals surface area contributed by atoms with Gasteiger partial charge < -0.3 is 10.6 Å². The van der Waals surface area contributed by atoms with Crippen LogP contribution < -0.4 is 10.6 Å². The molecule has 0 rings (SSSR count). The molecule has 4 heteroatoms. The molecule has 0 fully saturated rings. The molecule has 3 nitrogen and oxygen atoms in total. The first-order valence-electron chi connectivity index (χ1n) is 4.82. The molecular weight excluding hydrogens is 200 g/mol. The van der Waals surface area contributed by atoms with Crippen LogP contribution in [0, 0.1) is 0 Å². The largest absolute Gasteiger partial charge is 0.354 e. The molecule has 0 bridgehead atoms. The van der Waals surface area contributed by atoms with Crippen molar-refractivity contribution in [3.8, 4) is 0 Å². The van der Waals surface area contributed by atoms with E-state index < -0.39 is 0 Å². The first-order chi connectivity index (χ1) is 6.56. The quantitative estimate of drug-likeness (QED) is 0.666. The summed E-state index contributed by atoms with van der Waals surface area (Å²) in [5.41, 5.74) is 2.61. The summed E-state index contributed by atoms with van der Waals surface area (Å²) in [7, 11) is 0. The summed E-state index contributed by atoms with van der Waals surface area (Å²) in [4.78, 5) is 11.2. The fourth-order valence-corrected chi connectivity index (χ4v) is 0.997. The molecule has 0 aliphatic rings. The van der Waals surface area contributed by atoms with Gasteiger partial charge in [-0.2, -0.15) is 0 Å². The molecule has 0 aromatic rings. The zero-order valence-electron chi connectivity index (χ0n) is 9.06. The third-order valence-electron chi connectivity index (χ3n) is 1.57. The van der Waals surface area contributed by atoms with Crippen molar-refractivity contribution in [1.82, 2.24) is 10.6 Å². The van der Waals surface area contributed by atoms with Crippen LogP contribution in [0.3, 0.4) is 0 Å². The van der Waals surface area contributed by atoms with E-state index in [4.69, 9.17) is 11.6 Å². The van der Waals surface area contributed by atoms with Gasteiger partial charge in [-0.15, -0.1) is 0 Å². The highest BCUT2D eigenvalue weighted by Gasteiger charge is 2.01. The Morgan fingerprint density at radius 1 is 1.50 bits per heavy atom. The van der Waals surface area contributed by atoms with Crippen LogP contribution in [-0.4, -0.2) is 25.0 Å². The van der Waals surface area contributed by atoms with E-state index in [1.807, 2.05) is 20.8 Å². The minimum absolute atomic E-state index is 0.0833. The summed E-state index contributed by atoms with van der Waals surface area (Å²) in [5.74, 6) is 0.0833. The molecule has 0 spiro atoms. The van der Waals surface area contributed by atoms with Crippen LogP contribution in [-0.2, 0) is 4.79 Å². The van der Waals surface area contributed by atoms with E-state index in [0.29, 0.717) is 13.0 Å². The molecule has 0 radical (unpaired) electrons. The van der Waals surface area contributed by atoms with E-state index in [-0.39, 0.29) is 11.9 Å². The van der Waals surface area contributed by atoms with E-state index in [1.54, 1.807) is 5.54 Å². The Bertz CT molecular complexity index is 202. The summed E-state index contributed by atoms with van der Waals surface area (Å²) in [6.07, 6.45) is 0.508. The molecule has 1 amide bonds. The summed E-state index contributed by atoms with van der Waals surface area (Å²) < 4.78 is 0. The van der Waals surface area contributed by atoms with Crippen LogP contribution in [0.15, 0.2) is 11.1 Å². The summed E-state index contributed by atoms with van der Waals surface area (Å²) in [6.45, 7) is 7.25. The van der Waals surface area contributed by atoms with Crippen molar-refractivity contribution in [2.24, 2.45) is 0 Å². The summed E-state index contributed by atoms with van der Waals surface area (Å²) in [6, 6.07) is 0.215. The molecule has 0 aromatic carbocycles. The number of hydrogen-bond acceptors (Lipinski definition) is 2. The topological polar surface area (TPSA) is 41.1 Å². The Hall–Kier alpha value is -0.540. The fourth-order valence-electron chi connectivity index (χ4n) is 0.920. The lowest BCUT2D eigenvalue weighted by Gasteiger charge is -2.08. The minimum Gasteiger partial charge on any atom is -0.354 e. The second-order valence-electron chi connectivity index (χ2n) is 3.60. The monoisotopic (exact) mass is 218 g/mol. The molecule has 0 aromatic heterocycles. The molecule has 2 N–H and O–H groups in total. The molecular formula is C10H19ClN2O. The Morgan fingerprint density at radius 3 is 2.64 bits per heavy atom. The summed E-state index contributed by atoms with van der Waals surface area (Å²) in [5, 5.41) is 5.95. The molecule has 0 atom stereocenters. The predicted molar refractivity (Wildman–Crippen MR) is 60.4 cm³/mol. The number of hydrogen-bond donors (Lipinski definition) is 2. The number of nitrogens with one attached hydrogen (secondary N) is 2. The number of rotatable bonds is 6. The highest BCUT2D eigenvalue weighted by molar-refractivity contribution is 6.25. The lowest BCUT2D eigenvalue weighted by molar-refractivity contribution is -0.121. The van der Waals surface area contributed by atoms with Gasteiger partial charge >= 0.3 is 0 Å². The molecule has 0 saturated carbocycles. The van der Waals surface area contributed by atoms with Crippen LogP contribution >= 0.6 is 11.6 Å². The van der Waals surface area contributed by atoms with Gasteiger partial charge in [0.05, 0.1) is 0 Å². The second kappa shape index (κ2) is 7.83. The molecule has 0 saturated heterocycles. The first-order valence-corrected chi connectivity index (χ1v) is 5.26. The number of amides is 1. The van der Waals surface area contributed by atoms with Gasteiger partial charge in [0.1, 0.15) is 0 Å². The smallest absolute Gasteiger partial charge is 0.221 e. The van der Waals surface area contributed by atoms with E-state index in [9.17, 15) is 4.79 Å². The Morgan fingerprint density at radius 2 is 2.14 bits per heavy atom. The standard InChI is InChI=1S/C10H19ClN2O/c1-8(2)13-10(14)4-5-12-7-9(3)6-11/h6,8,12H,4-5,7H2,1-3H3,(H,13,14). The number of carbonyl (C=O) groups is 1. The fraction of sp³-hybridized carbons (Fsp3) is 0.700. The van der Waals surface area contributed by atoms with Crippen LogP contribution in [0.1, 0.15) is 27.2 Å².